The van der Waals surface area contributed by atoms with Crippen LogP contribution in [0.1, 0.15) is 34.6 Å². The van der Waals surface area contributed by atoms with Crippen LogP contribution in [0.3, 0.4) is 0 Å². The molecule has 0 aliphatic heterocycles. The molecular formula is C20H22N2O4. The average Bonchev–Trinajstić information content (AvgIpc) is 2.66. The molecule has 6 heteroatoms. The van der Waals surface area contributed by atoms with E-state index in [-0.39, 0.29) is 11.5 Å². The first kappa shape index (κ1) is 19.2. The summed E-state index contributed by atoms with van der Waals surface area (Å²) in [4.78, 5) is 39.4. The molecule has 0 fully saturated rings. The Bertz CT molecular complexity index is 831. The minimum atomic E-state index is -1.36. The Kier molecular flexibility index (Phi) is 5.45. The average molecular weight is 354 g/mol. The molecule has 6 nitrogen and oxygen atoms in total. The first-order chi connectivity index (χ1) is 12.2. The van der Waals surface area contributed by atoms with Crippen LogP contribution in [-0.4, -0.2) is 47.4 Å². The zero-order chi connectivity index (χ0) is 19.5. The van der Waals surface area contributed by atoms with E-state index in [0.29, 0.717) is 5.56 Å². The number of amides is 2. The van der Waals surface area contributed by atoms with Gasteiger partial charge in [0.2, 0.25) is 0 Å². The molecule has 2 aromatic carbocycles. The molecule has 0 aliphatic carbocycles. The standard InChI is InChI=1S/C20H22N2O4/c1-20(2,19(25)26)22(4)18(24)15-10-8-9-14(13-15)17(23)21(3)16-11-6-5-7-12-16/h5-13H,1-4H3,(H,25,26). The van der Waals surface area contributed by atoms with Crippen LogP contribution >= 0.6 is 0 Å². The molecule has 0 aromatic heterocycles. The van der Waals surface area contributed by atoms with E-state index >= 15 is 0 Å². The van der Waals surface area contributed by atoms with Gasteiger partial charge in [-0.2, -0.15) is 0 Å². The minimum absolute atomic E-state index is 0.258. The van der Waals surface area contributed by atoms with Crippen LogP contribution in [-0.2, 0) is 4.79 Å². The van der Waals surface area contributed by atoms with Gasteiger partial charge in [-0.05, 0) is 44.2 Å². The van der Waals surface area contributed by atoms with E-state index in [1.165, 1.54) is 31.9 Å². The summed E-state index contributed by atoms with van der Waals surface area (Å²) in [5, 5.41) is 9.29. The number of benzene rings is 2. The molecule has 0 heterocycles. The van der Waals surface area contributed by atoms with Crippen molar-refractivity contribution in [2.24, 2.45) is 0 Å². The molecule has 0 unspecified atom stereocenters. The van der Waals surface area contributed by atoms with Crippen LogP contribution in [0.25, 0.3) is 0 Å². The number of para-hydroxylation sites is 1. The van der Waals surface area contributed by atoms with Crippen molar-refractivity contribution in [3.05, 3.63) is 65.7 Å². The maximum atomic E-state index is 12.7. The van der Waals surface area contributed by atoms with E-state index < -0.39 is 17.4 Å². The number of carbonyl (C=O) groups is 3. The van der Waals surface area contributed by atoms with Gasteiger partial charge in [-0.3, -0.25) is 9.59 Å². The molecule has 0 spiro atoms. The third-order valence-electron chi connectivity index (χ3n) is 4.47. The molecule has 2 rings (SSSR count). The van der Waals surface area contributed by atoms with Gasteiger partial charge < -0.3 is 14.9 Å². The van der Waals surface area contributed by atoms with Crippen molar-refractivity contribution in [1.82, 2.24) is 4.90 Å². The fraction of sp³-hybridized carbons (Fsp3) is 0.250. The van der Waals surface area contributed by atoms with Crippen molar-refractivity contribution in [2.75, 3.05) is 19.0 Å². The number of carboxylic acids is 1. The number of nitrogens with zero attached hydrogens (tertiary/aromatic N) is 2. The second-order valence-electron chi connectivity index (χ2n) is 6.51. The minimum Gasteiger partial charge on any atom is -0.480 e. The molecule has 1 N–H and O–H groups in total. The van der Waals surface area contributed by atoms with Gasteiger partial charge >= 0.3 is 5.97 Å². The van der Waals surface area contributed by atoms with Crippen LogP contribution in [0.15, 0.2) is 54.6 Å². The van der Waals surface area contributed by atoms with Crippen LogP contribution in [0.2, 0.25) is 0 Å². The Labute approximate surface area is 152 Å². The van der Waals surface area contributed by atoms with Gasteiger partial charge in [0, 0.05) is 30.9 Å². The monoisotopic (exact) mass is 354 g/mol. The van der Waals surface area contributed by atoms with E-state index in [9.17, 15) is 19.5 Å². The van der Waals surface area contributed by atoms with Crippen molar-refractivity contribution in [1.29, 1.82) is 0 Å². The fourth-order valence-corrected chi connectivity index (χ4v) is 2.34. The Morgan fingerprint density at radius 1 is 0.846 bits per heavy atom. The number of anilines is 1. The highest BCUT2D eigenvalue weighted by atomic mass is 16.4. The Morgan fingerprint density at radius 3 is 1.92 bits per heavy atom. The molecule has 0 saturated heterocycles. The van der Waals surface area contributed by atoms with Gasteiger partial charge in [0.15, 0.2) is 0 Å². The lowest BCUT2D eigenvalue weighted by atomic mass is 10.0. The van der Waals surface area contributed by atoms with Crippen molar-refractivity contribution >= 4 is 23.5 Å². The summed E-state index contributed by atoms with van der Waals surface area (Å²) in [5.74, 6) is -1.83. The number of hydrogen-bond donors (Lipinski definition) is 1. The Morgan fingerprint density at radius 2 is 1.38 bits per heavy atom. The summed E-state index contributed by atoms with van der Waals surface area (Å²) in [6.45, 7) is 2.90. The normalized spacial score (nSPS) is 10.9. The fourth-order valence-electron chi connectivity index (χ4n) is 2.34. The van der Waals surface area contributed by atoms with Gasteiger partial charge in [-0.25, -0.2) is 4.79 Å². The number of carboxylic acid groups (broad SMARTS) is 1. The highest BCUT2D eigenvalue weighted by molar-refractivity contribution is 6.07. The summed E-state index contributed by atoms with van der Waals surface area (Å²) in [6, 6.07) is 15.5. The predicted molar refractivity (Wildman–Crippen MR) is 99.4 cm³/mol. The highest BCUT2D eigenvalue weighted by Gasteiger charge is 2.35. The van der Waals surface area contributed by atoms with Crippen molar-refractivity contribution in [2.45, 2.75) is 19.4 Å². The SMILES string of the molecule is CN(C(=O)c1cccc(C(=O)N(C)C(C)(C)C(=O)O)c1)c1ccccc1. The van der Waals surface area contributed by atoms with Crippen molar-refractivity contribution < 1.29 is 19.5 Å². The molecule has 136 valence electrons. The maximum Gasteiger partial charge on any atom is 0.329 e. The topological polar surface area (TPSA) is 77.9 Å². The van der Waals surface area contributed by atoms with Gasteiger partial charge in [-0.15, -0.1) is 0 Å². The second kappa shape index (κ2) is 7.39. The van der Waals surface area contributed by atoms with E-state index in [2.05, 4.69) is 0 Å². The quantitative estimate of drug-likeness (QED) is 0.895. The maximum absolute atomic E-state index is 12.7. The zero-order valence-corrected chi connectivity index (χ0v) is 15.3. The van der Waals surface area contributed by atoms with E-state index in [0.717, 1.165) is 10.6 Å². The van der Waals surface area contributed by atoms with Gasteiger partial charge in [0.1, 0.15) is 5.54 Å². The largest absolute Gasteiger partial charge is 0.480 e. The number of likely N-dealkylation sites (N-methyl/N-ethyl adjacent to an activating group) is 1. The zero-order valence-electron chi connectivity index (χ0n) is 15.3. The first-order valence-electron chi connectivity index (χ1n) is 8.11. The molecule has 2 amide bonds. The molecule has 0 atom stereocenters. The number of rotatable bonds is 5. The lowest BCUT2D eigenvalue weighted by Crippen LogP contribution is -2.50. The van der Waals surface area contributed by atoms with Crippen LogP contribution in [0.4, 0.5) is 5.69 Å². The van der Waals surface area contributed by atoms with Crippen molar-refractivity contribution in [3.8, 4) is 0 Å². The molecule has 0 bridgehead atoms. The third kappa shape index (κ3) is 3.74. The lowest BCUT2D eigenvalue weighted by molar-refractivity contribution is -0.147. The van der Waals surface area contributed by atoms with Crippen LogP contribution in [0, 0.1) is 0 Å². The first-order valence-corrected chi connectivity index (χ1v) is 8.11. The van der Waals surface area contributed by atoms with Gasteiger partial charge in [0.05, 0.1) is 0 Å². The number of hydrogen-bond acceptors (Lipinski definition) is 3. The molecular weight excluding hydrogens is 332 g/mol. The van der Waals surface area contributed by atoms with Crippen LogP contribution in [0.5, 0.6) is 0 Å². The second-order valence-corrected chi connectivity index (χ2v) is 6.51. The van der Waals surface area contributed by atoms with E-state index in [4.69, 9.17) is 0 Å². The summed E-state index contributed by atoms with van der Waals surface area (Å²) in [6.07, 6.45) is 0. The lowest BCUT2D eigenvalue weighted by Gasteiger charge is -2.31. The summed E-state index contributed by atoms with van der Waals surface area (Å²) in [5.41, 5.74) is -0.0194. The van der Waals surface area contributed by atoms with E-state index in [1.54, 1.807) is 25.2 Å². The molecule has 26 heavy (non-hydrogen) atoms. The summed E-state index contributed by atoms with van der Waals surface area (Å²) in [7, 11) is 3.09. The third-order valence-corrected chi connectivity index (χ3v) is 4.47. The predicted octanol–water partition coefficient (Wildman–Crippen LogP) is 2.90. The molecule has 0 radical (unpaired) electrons. The number of aliphatic carboxylic acids is 1. The summed E-state index contributed by atoms with van der Waals surface area (Å²) < 4.78 is 0. The molecule has 0 aliphatic rings. The Hall–Kier alpha value is -3.15. The van der Waals surface area contributed by atoms with Gasteiger partial charge in [-0.1, -0.05) is 24.3 Å². The molecule has 2 aromatic rings. The smallest absolute Gasteiger partial charge is 0.329 e. The number of carbonyl (C=O) groups excluding carboxylic acids is 2. The summed E-state index contributed by atoms with van der Waals surface area (Å²) >= 11 is 0. The van der Waals surface area contributed by atoms with Gasteiger partial charge in [0.25, 0.3) is 11.8 Å². The van der Waals surface area contributed by atoms with Crippen molar-refractivity contribution in [3.63, 3.8) is 0 Å². The van der Waals surface area contributed by atoms with E-state index in [1.807, 2.05) is 30.3 Å². The Balaban J connectivity index is 2.29. The van der Waals surface area contributed by atoms with Crippen LogP contribution < -0.4 is 4.90 Å². The molecule has 0 saturated carbocycles. The highest BCUT2D eigenvalue weighted by Crippen LogP contribution is 2.19.